The van der Waals surface area contributed by atoms with Crippen molar-refractivity contribution in [3.8, 4) is 11.8 Å². The average molecular weight is 463 g/mol. The lowest BCUT2D eigenvalue weighted by atomic mass is 9.91. The maximum atomic E-state index is 13.0. The van der Waals surface area contributed by atoms with Crippen LogP contribution in [0.1, 0.15) is 73.8 Å². The van der Waals surface area contributed by atoms with E-state index in [1.807, 2.05) is 6.92 Å². The third kappa shape index (κ3) is 3.91. The Bertz CT molecular complexity index is 1080. The number of carbonyl (C=O) groups excluding carboxylic acids is 2. The number of amides is 2. The Morgan fingerprint density at radius 1 is 1.03 bits per heavy atom. The molecule has 1 saturated heterocycles. The van der Waals surface area contributed by atoms with Crippen molar-refractivity contribution in [2.24, 2.45) is 11.8 Å². The van der Waals surface area contributed by atoms with Crippen molar-refractivity contribution in [3.63, 3.8) is 0 Å². The summed E-state index contributed by atoms with van der Waals surface area (Å²) in [6.45, 7) is 5.51. The second-order valence-corrected chi connectivity index (χ2v) is 10.6. The first-order valence-electron chi connectivity index (χ1n) is 13.0. The second kappa shape index (κ2) is 8.48. The number of rotatable bonds is 4. The van der Waals surface area contributed by atoms with Crippen LogP contribution in [0, 0.1) is 23.7 Å². The first-order valence-corrected chi connectivity index (χ1v) is 13.0. The summed E-state index contributed by atoms with van der Waals surface area (Å²) >= 11 is 0. The van der Waals surface area contributed by atoms with E-state index in [0.29, 0.717) is 36.9 Å². The van der Waals surface area contributed by atoms with Gasteiger partial charge in [0.15, 0.2) is 0 Å². The molecule has 2 aliphatic heterocycles. The Kier molecular flexibility index (Phi) is 5.43. The van der Waals surface area contributed by atoms with Gasteiger partial charge in [0.25, 0.3) is 0 Å². The van der Waals surface area contributed by atoms with E-state index in [2.05, 4.69) is 21.6 Å². The fraction of sp³-hybridized carbons (Fsp3) is 0.667. The van der Waals surface area contributed by atoms with Crippen molar-refractivity contribution in [1.29, 1.82) is 0 Å². The topological polar surface area (TPSA) is 66.0 Å². The Morgan fingerprint density at radius 3 is 2.47 bits per heavy atom. The van der Waals surface area contributed by atoms with Crippen LogP contribution in [0.15, 0.2) is 0 Å². The molecule has 0 aromatic carbocycles. The van der Waals surface area contributed by atoms with Crippen LogP contribution in [0.5, 0.6) is 0 Å². The van der Waals surface area contributed by atoms with Gasteiger partial charge in [0.05, 0.1) is 31.0 Å². The number of ether oxygens (including phenoxy) is 1. The van der Waals surface area contributed by atoms with Crippen LogP contribution in [0.3, 0.4) is 0 Å². The molecule has 4 fully saturated rings. The van der Waals surface area contributed by atoms with Crippen LogP contribution in [0.4, 0.5) is 10.6 Å². The van der Waals surface area contributed by atoms with Gasteiger partial charge in [-0.2, -0.15) is 0 Å². The second-order valence-electron chi connectivity index (χ2n) is 10.6. The van der Waals surface area contributed by atoms with E-state index in [4.69, 9.17) is 9.72 Å². The van der Waals surface area contributed by atoms with Crippen molar-refractivity contribution in [2.45, 2.75) is 70.4 Å². The van der Waals surface area contributed by atoms with Gasteiger partial charge in [-0.05, 0) is 68.9 Å². The summed E-state index contributed by atoms with van der Waals surface area (Å²) in [4.78, 5) is 36.9. The monoisotopic (exact) mass is 462 g/mol. The first kappa shape index (κ1) is 21.8. The van der Waals surface area contributed by atoms with Gasteiger partial charge in [-0.15, -0.1) is 5.92 Å². The molecule has 3 heterocycles. The minimum atomic E-state index is -0.275. The van der Waals surface area contributed by atoms with Gasteiger partial charge in [0, 0.05) is 38.0 Å². The zero-order valence-electron chi connectivity index (χ0n) is 20.3. The summed E-state index contributed by atoms with van der Waals surface area (Å²) in [5, 5.41) is 0. The molecule has 3 aliphatic carbocycles. The van der Waals surface area contributed by atoms with Gasteiger partial charge >= 0.3 is 6.09 Å². The number of hydrogen-bond acceptors (Lipinski definition) is 5. The van der Waals surface area contributed by atoms with Gasteiger partial charge in [-0.3, -0.25) is 4.79 Å². The van der Waals surface area contributed by atoms with Crippen LogP contribution >= 0.6 is 0 Å². The predicted octanol–water partition coefficient (Wildman–Crippen LogP) is 3.29. The molecule has 2 amide bonds. The normalized spacial score (nSPS) is 24.3. The lowest BCUT2D eigenvalue weighted by Gasteiger charge is -2.43. The highest BCUT2D eigenvalue weighted by Crippen LogP contribution is 2.46. The Labute approximate surface area is 201 Å². The number of fused-ring (bicyclic) bond motifs is 1. The van der Waals surface area contributed by atoms with Gasteiger partial charge in [0.2, 0.25) is 5.91 Å². The summed E-state index contributed by atoms with van der Waals surface area (Å²) in [5.41, 5.74) is 4.63. The molecule has 1 aromatic rings. The summed E-state index contributed by atoms with van der Waals surface area (Å²) < 4.78 is 5.01. The van der Waals surface area contributed by atoms with E-state index in [0.717, 1.165) is 68.8 Å². The van der Waals surface area contributed by atoms with E-state index in [1.165, 1.54) is 31.1 Å². The molecule has 6 rings (SSSR count). The van der Waals surface area contributed by atoms with Gasteiger partial charge < -0.3 is 19.4 Å². The number of anilines is 1. The van der Waals surface area contributed by atoms with Crippen LogP contribution in [0.2, 0.25) is 0 Å². The number of aromatic nitrogens is 1. The molecule has 7 nitrogen and oxygen atoms in total. The van der Waals surface area contributed by atoms with Gasteiger partial charge in [0.1, 0.15) is 5.82 Å². The number of piperazine rings is 1. The molecule has 180 valence electrons. The van der Waals surface area contributed by atoms with Crippen LogP contribution in [0.25, 0.3) is 0 Å². The minimum absolute atomic E-state index is 0.274. The van der Waals surface area contributed by atoms with E-state index in [1.54, 1.807) is 4.90 Å². The fourth-order valence-corrected chi connectivity index (χ4v) is 5.84. The summed E-state index contributed by atoms with van der Waals surface area (Å²) in [5.74, 6) is 9.29. The van der Waals surface area contributed by atoms with Crippen LogP contribution < -0.4 is 4.90 Å². The van der Waals surface area contributed by atoms with E-state index < -0.39 is 0 Å². The third-order valence-electron chi connectivity index (χ3n) is 8.15. The zero-order chi connectivity index (χ0) is 23.4. The van der Waals surface area contributed by atoms with Crippen molar-refractivity contribution >= 4 is 17.8 Å². The quantitative estimate of drug-likeness (QED) is 0.643. The Balaban J connectivity index is 1.36. The summed E-state index contributed by atoms with van der Waals surface area (Å²) in [7, 11) is 1.44. The highest BCUT2D eigenvalue weighted by molar-refractivity contribution is 5.82. The van der Waals surface area contributed by atoms with Crippen LogP contribution in [-0.4, -0.2) is 66.1 Å². The SMILES string of the molecule is CC#Cc1c(N2CCN(C(=O)C3CC3)C(C3CC3)C2)nc(C2CC2)c2c1CCN(C(=O)OC)C2. The summed E-state index contributed by atoms with van der Waals surface area (Å²) in [6.07, 6.45) is 7.39. The Hall–Kier alpha value is -2.75. The maximum Gasteiger partial charge on any atom is 0.409 e. The smallest absolute Gasteiger partial charge is 0.409 e. The van der Waals surface area contributed by atoms with Crippen molar-refractivity contribution < 1.29 is 14.3 Å². The van der Waals surface area contributed by atoms with Crippen molar-refractivity contribution in [2.75, 3.05) is 38.2 Å². The Morgan fingerprint density at radius 2 is 1.82 bits per heavy atom. The molecule has 1 aromatic heterocycles. The average Bonchev–Trinajstić information content (AvgIpc) is 3.73. The first-order chi connectivity index (χ1) is 16.6. The third-order valence-corrected chi connectivity index (χ3v) is 8.15. The van der Waals surface area contributed by atoms with Crippen molar-refractivity contribution in [1.82, 2.24) is 14.8 Å². The molecule has 0 N–H and O–H groups in total. The number of methoxy groups -OCH3 is 1. The van der Waals surface area contributed by atoms with E-state index in [-0.39, 0.29) is 12.0 Å². The number of carbonyl (C=O) groups is 2. The molecule has 0 spiro atoms. The number of hydrogen-bond donors (Lipinski definition) is 0. The lowest BCUT2D eigenvalue weighted by molar-refractivity contribution is -0.135. The molecule has 34 heavy (non-hydrogen) atoms. The molecule has 7 heteroatoms. The lowest BCUT2D eigenvalue weighted by Crippen LogP contribution is -2.57. The molecule has 1 unspecified atom stereocenters. The largest absolute Gasteiger partial charge is 0.453 e. The predicted molar refractivity (Wildman–Crippen MR) is 128 cm³/mol. The number of nitrogens with zero attached hydrogens (tertiary/aromatic N) is 4. The molecule has 1 atom stereocenters. The minimum Gasteiger partial charge on any atom is -0.453 e. The van der Waals surface area contributed by atoms with Gasteiger partial charge in [-0.1, -0.05) is 5.92 Å². The van der Waals surface area contributed by atoms with E-state index in [9.17, 15) is 9.59 Å². The standard InChI is InChI=1S/C27H34N4O3/c1-3-4-21-20-11-12-30(27(33)34-2)15-22(20)24(18-7-8-18)28-25(21)29-13-14-31(26(32)19-9-10-19)23(16-29)17-5-6-17/h17-19,23H,5-16H2,1-2H3. The van der Waals surface area contributed by atoms with Gasteiger partial charge in [-0.25, -0.2) is 9.78 Å². The molecule has 5 aliphatic rings. The summed E-state index contributed by atoms with van der Waals surface area (Å²) in [6, 6.07) is 0.293. The molecular formula is C27H34N4O3. The highest BCUT2D eigenvalue weighted by Gasteiger charge is 2.45. The van der Waals surface area contributed by atoms with Crippen molar-refractivity contribution in [3.05, 3.63) is 22.4 Å². The molecule has 0 radical (unpaired) electrons. The molecule has 0 bridgehead atoms. The zero-order valence-corrected chi connectivity index (χ0v) is 20.3. The number of pyridine rings is 1. The fourth-order valence-electron chi connectivity index (χ4n) is 5.84. The molecular weight excluding hydrogens is 428 g/mol. The molecule has 3 saturated carbocycles. The van der Waals surface area contributed by atoms with E-state index >= 15 is 0 Å². The highest BCUT2D eigenvalue weighted by atomic mass is 16.5. The van der Waals surface area contributed by atoms with Crippen LogP contribution in [-0.2, 0) is 22.5 Å². The maximum absolute atomic E-state index is 13.0.